The van der Waals surface area contributed by atoms with Crippen LogP contribution in [0.4, 0.5) is 18.9 Å². The van der Waals surface area contributed by atoms with E-state index in [2.05, 4.69) is 4.98 Å². The number of hydrogen-bond donors (Lipinski definition) is 0. The quantitative estimate of drug-likeness (QED) is 0.826. The summed E-state index contributed by atoms with van der Waals surface area (Å²) in [4.78, 5) is 20.2. The van der Waals surface area contributed by atoms with Crippen molar-refractivity contribution in [1.29, 1.82) is 5.26 Å². The molecule has 0 aliphatic carbocycles. The second kappa shape index (κ2) is 7.04. The minimum Gasteiger partial charge on any atom is -0.367 e. The number of amides is 1. The number of rotatable bonds is 2. The highest BCUT2D eigenvalue weighted by Gasteiger charge is 2.30. The fourth-order valence-electron chi connectivity index (χ4n) is 2.79. The Balaban J connectivity index is 1.62. The standard InChI is InChI=1S/C18H15F3N4O/c19-18(20,21)14-3-1-13(2-4-14)17(26)25-9-7-24(8-10-25)16-6-5-15(11-22)23-12-16/h1-6,12H,7-10H2. The van der Waals surface area contributed by atoms with Crippen molar-refractivity contribution in [3.63, 3.8) is 0 Å². The van der Waals surface area contributed by atoms with Crippen LogP contribution < -0.4 is 4.90 Å². The lowest BCUT2D eigenvalue weighted by atomic mass is 10.1. The molecule has 1 amide bonds. The number of hydrogen-bond acceptors (Lipinski definition) is 4. The number of pyridine rings is 1. The molecule has 2 heterocycles. The second-order valence-corrected chi connectivity index (χ2v) is 5.87. The average Bonchev–Trinajstić information content (AvgIpc) is 2.67. The number of carbonyl (C=O) groups excluding carboxylic acids is 1. The van der Waals surface area contributed by atoms with Crippen LogP contribution in [0.1, 0.15) is 21.6 Å². The lowest BCUT2D eigenvalue weighted by molar-refractivity contribution is -0.137. The Hall–Kier alpha value is -3.08. The molecule has 1 fully saturated rings. The van der Waals surface area contributed by atoms with Gasteiger partial charge in [-0.2, -0.15) is 18.4 Å². The van der Waals surface area contributed by atoms with Gasteiger partial charge in [-0.3, -0.25) is 4.79 Å². The number of anilines is 1. The zero-order chi connectivity index (χ0) is 18.7. The summed E-state index contributed by atoms with van der Waals surface area (Å²) < 4.78 is 37.8. The van der Waals surface area contributed by atoms with Crippen LogP contribution in [0.2, 0.25) is 0 Å². The molecule has 0 spiro atoms. The van der Waals surface area contributed by atoms with Crippen molar-refractivity contribution in [3.8, 4) is 6.07 Å². The van der Waals surface area contributed by atoms with Gasteiger partial charge in [-0.05, 0) is 36.4 Å². The maximum atomic E-state index is 12.6. The molecule has 0 saturated carbocycles. The molecule has 1 aromatic heterocycles. The predicted octanol–water partition coefficient (Wildman–Crippen LogP) is 2.93. The molecule has 8 heteroatoms. The van der Waals surface area contributed by atoms with Gasteiger partial charge in [-0.25, -0.2) is 4.98 Å². The molecule has 0 radical (unpaired) electrons. The molecule has 0 N–H and O–H groups in total. The Morgan fingerprint density at radius 1 is 1.04 bits per heavy atom. The highest BCUT2D eigenvalue weighted by Crippen LogP contribution is 2.29. The molecule has 1 aromatic carbocycles. The van der Waals surface area contributed by atoms with Crippen molar-refractivity contribution in [1.82, 2.24) is 9.88 Å². The first-order chi connectivity index (χ1) is 12.4. The van der Waals surface area contributed by atoms with E-state index in [-0.39, 0.29) is 11.5 Å². The van der Waals surface area contributed by atoms with Gasteiger partial charge in [-0.1, -0.05) is 0 Å². The highest BCUT2D eigenvalue weighted by molar-refractivity contribution is 5.94. The molecular weight excluding hydrogens is 345 g/mol. The Morgan fingerprint density at radius 3 is 2.19 bits per heavy atom. The van der Waals surface area contributed by atoms with E-state index in [1.54, 1.807) is 23.2 Å². The van der Waals surface area contributed by atoms with Gasteiger partial charge < -0.3 is 9.80 Å². The van der Waals surface area contributed by atoms with Crippen LogP contribution >= 0.6 is 0 Å². The van der Waals surface area contributed by atoms with Crippen LogP contribution in [0.5, 0.6) is 0 Å². The first kappa shape index (κ1) is 17.7. The van der Waals surface area contributed by atoms with Gasteiger partial charge in [0.2, 0.25) is 0 Å². The first-order valence-corrected chi connectivity index (χ1v) is 7.96. The number of halogens is 3. The Bertz CT molecular complexity index is 818. The van der Waals surface area contributed by atoms with Crippen molar-refractivity contribution in [2.45, 2.75) is 6.18 Å². The van der Waals surface area contributed by atoms with Crippen molar-refractivity contribution in [2.24, 2.45) is 0 Å². The van der Waals surface area contributed by atoms with E-state index in [9.17, 15) is 18.0 Å². The first-order valence-electron chi connectivity index (χ1n) is 7.96. The number of alkyl halides is 3. The Kier molecular flexibility index (Phi) is 4.80. The van der Waals surface area contributed by atoms with Crippen molar-refractivity contribution in [2.75, 3.05) is 31.1 Å². The molecule has 2 aromatic rings. The summed E-state index contributed by atoms with van der Waals surface area (Å²) in [5.74, 6) is -0.281. The zero-order valence-corrected chi connectivity index (χ0v) is 13.7. The number of nitriles is 1. The SMILES string of the molecule is N#Cc1ccc(N2CCN(C(=O)c3ccc(C(F)(F)F)cc3)CC2)cn1. The van der Waals surface area contributed by atoms with Crippen LogP contribution in [0.3, 0.4) is 0 Å². The molecule has 26 heavy (non-hydrogen) atoms. The van der Waals surface area contributed by atoms with Gasteiger partial charge in [0.25, 0.3) is 5.91 Å². The molecule has 0 bridgehead atoms. The Labute approximate surface area is 148 Å². The van der Waals surface area contributed by atoms with E-state index >= 15 is 0 Å². The van der Waals surface area contributed by atoms with Crippen LogP contribution in [-0.4, -0.2) is 42.0 Å². The summed E-state index contributed by atoms with van der Waals surface area (Å²) >= 11 is 0. The van der Waals surface area contributed by atoms with Gasteiger partial charge in [0.05, 0.1) is 17.4 Å². The molecule has 1 aliphatic heterocycles. The fraction of sp³-hybridized carbons (Fsp3) is 0.278. The molecule has 1 saturated heterocycles. The summed E-state index contributed by atoms with van der Waals surface area (Å²) in [6.45, 7) is 2.08. The Morgan fingerprint density at radius 2 is 1.69 bits per heavy atom. The third-order valence-electron chi connectivity index (χ3n) is 4.25. The summed E-state index contributed by atoms with van der Waals surface area (Å²) in [6, 6.07) is 9.66. The highest BCUT2D eigenvalue weighted by atomic mass is 19.4. The molecule has 0 atom stereocenters. The maximum absolute atomic E-state index is 12.6. The van der Waals surface area contributed by atoms with Gasteiger partial charge in [0.1, 0.15) is 11.8 Å². The predicted molar refractivity (Wildman–Crippen MR) is 88.5 cm³/mol. The lowest BCUT2D eigenvalue weighted by Gasteiger charge is -2.36. The zero-order valence-electron chi connectivity index (χ0n) is 13.7. The monoisotopic (exact) mass is 360 g/mol. The molecule has 1 aliphatic rings. The van der Waals surface area contributed by atoms with Crippen molar-refractivity contribution < 1.29 is 18.0 Å². The smallest absolute Gasteiger partial charge is 0.367 e. The average molecular weight is 360 g/mol. The molecule has 0 unspecified atom stereocenters. The van der Waals surface area contributed by atoms with Crippen molar-refractivity contribution in [3.05, 3.63) is 59.4 Å². The molecule has 5 nitrogen and oxygen atoms in total. The van der Waals surface area contributed by atoms with Gasteiger partial charge >= 0.3 is 6.18 Å². The third-order valence-corrected chi connectivity index (χ3v) is 4.25. The van der Waals surface area contributed by atoms with Crippen LogP contribution in [0.15, 0.2) is 42.6 Å². The van der Waals surface area contributed by atoms with E-state index < -0.39 is 11.7 Å². The molecular formula is C18H15F3N4O. The minimum atomic E-state index is -4.41. The minimum absolute atomic E-state index is 0.242. The largest absolute Gasteiger partial charge is 0.416 e. The maximum Gasteiger partial charge on any atom is 0.416 e. The van der Waals surface area contributed by atoms with Crippen molar-refractivity contribution >= 4 is 11.6 Å². The van der Waals surface area contributed by atoms with E-state index in [1.165, 1.54) is 12.1 Å². The van der Waals surface area contributed by atoms with Crippen LogP contribution in [0.25, 0.3) is 0 Å². The number of carbonyl (C=O) groups is 1. The van der Waals surface area contributed by atoms with Crippen LogP contribution in [0, 0.1) is 11.3 Å². The number of piperazine rings is 1. The van der Waals surface area contributed by atoms with E-state index in [0.717, 1.165) is 17.8 Å². The molecule has 134 valence electrons. The normalized spacial score (nSPS) is 14.8. The molecule has 3 rings (SSSR count). The van der Waals surface area contributed by atoms with Gasteiger partial charge in [-0.15, -0.1) is 0 Å². The summed E-state index contributed by atoms with van der Waals surface area (Å²) in [7, 11) is 0. The topological polar surface area (TPSA) is 60.2 Å². The van der Waals surface area contributed by atoms with E-state index in [1.807, 2.05) is 11.0 Å². The fourth-order valence-corrected chi connectivity index (χ4v) is 2.79. The third kappa shape index (κ3) is 3.77. The van der Waals surface area contributed by atoms with Gasteiger partial charge in [0, 0.05) is 31.7 Å². The summed E-state index contributed by atoms with van der Waals surface area (Å²) in [5, 5.41) is 8.77. The van der Waals surface area contributed by atoms with Crippen LogP contribution in [-0.2, 0) is 6.18 Å². The number of benzene rings is 1. The summed E-state index contributed by atoms with van der Waals surface area (Å²) in [5.41, 5.74) is 0.675. The summed E-state index contributed by atoms with van der Waals surface area (Å²) in [6.07, 6.45) is -2.80. The van der Waals surface area contributed by atoms with E-state index in [0.29, 0.717) is 31.9 Å². The lowest BCUT2D eigenvalue weighted by Crippen LogP contribution is -2.48. The van der Waals surface area contributed by atoms with E-state index in [4.69, 9.17) is 5.26 Å². The van der Waals surface area contributed by atoms with Gasteiger partial charge in [0.15, 0.2) is 0 Å². The second-order valence-electron chi connectivity index (χ2n) is 5.87. The number of aromatic nitrogens is 1. The number of nitrogens with zero attached hydrogens (tertiary/aromatic N) is 4.